The average molecular weight is 276 g/mol. The summed E-state index contributed by atoms with van der Waals surface area (Å²) in [7, 11) is 0. The highest BCUT2D eigenvalue weighted by Crippen LogP contribution is 2.38. The van der Waals surface area contributed by atoms with Gasteiger partial charge in [-0.05, 0) is 37.6 Å². The van der Waals surface area contributed by atoms with Crippen molar-refractivity contribution in [3.05, 3.63) is 22.2 Å². The molecule has 0 saturated heterocycles. The molecule has 5 nitrogen and oxygen atoms in total. The monoisotopic (exact) mass is 276 g/mol. The van der Waals surface area contributed by atoms with E-state index in [1.165, 1.54) is 32.1 Å². The van der Waals surface area contributed by atoms with Gasteiger partial charge in [-0.3, -0.25) is 4.79 Å². The van der Waals surface area contributed by atoms with Crippen molar-refractivity contribution in [3.8, 4) is 0 Å². The van der Waals surface area contributed by atoms with Crippen LogP contribution in [-0.4, -0.2) is 23.1 Å². The molecule has 0 bridgehead atoms. The minimum Gasteiger partial charge on any atom is -0.369 e. The van der Waals surface area contributed by atoms with Crippen molar-refractivity contribution in [2.45, 2.75) is 50.9 Å². The summed E-state index contributed by atoms with van der Waals surface area (Å²) in [5.74, 6) is 2.00. The topological polar surface area (TPSA) is 83.8 Å². The normalized spacial score (nSPS) is 21.6. The van der Waals surface area contributed by atoms with E-state index >= 15 is 0 Å². The first kappa shape index (κ1) is 13.6. The molecule has 1 heterocycles. The molecule has 1 aromatic rings. The number of hydrogen-bond acceptors (Lipinski definition) is 4. The van der Waals surface area contributed by atoms with E-state index in [-0.39, 0.29) is 11.0 Å². The summed E-state index contributed by atoms with van der Waals surface area (Å²) in [6, 6.07) is 1.55. The lowest BCUT2D eigenvalue weighted by molar-refractivity contribution is 0.215. The Morgan fingerprint density at radius 3 is 2.75 bits per heavy atom. The van der Waals surface area contributed by atoms with Crippen LogP contribution in [-0.2, 0) is 0 Å². The first-order chi connectivity index (χ1) is 9.71. The number of rotatable bonds is 5. The minimum atomic E-state index is -0.0603. The second kappa shape index (κ2) is 5.56. The molecule has 3 rings (SSSR count). The zero-order chi connectivity index (χ0) is 14.0. The Morgan fingerprint density at radius 2 is 2.10 bits per heavy atom. The average Bonchev–Trinajstić information content (AvgIpc) is 3.30. The molecule has 2 aliphatic carbocycles. The van der Waals surface area contributed by atoms with Crippen LogP contribution in [0.4, 0.5) is 5.82 Å². The molecule has 0 radical (unpaired) electrons. The Balaban J connectivity index is 1.69. The highest BCUT2D eigenvalue weighted by atomic mass is 16.1. The maximum atomic E-state index is 11.7. The zero-order valence-corrected chi connectivity index (χ0v) is 12.0. The summed E-state index contributed by atoms with van der Waals surface area (Å²) in [4.78, 5) is 19.1. The van der Waals surface area contributed by atoms with Crippen LogP contribution in [0.25, 0.3) is 0 Å². The number of nitrogens with one attached hydrogen (secondary N) is 2. The van der Waals surface area contributed by atoms with Gasteiger partial charge in [0.15, 0.2) is 0 Å². The molecule has 0 spiro atoms. The summed E-state index contributed by atoms with van der Waals surface area (Å²) in [5.41, 5.74) is 6.11. The Bertz CT molecular complexity index is 515. The Kier molecular flexibility index (Phi) is 3.78. The van der Waals surface area contributed by atoms with Crippen molar-refractivity contribution in [1.29, 1.82) is 0 Å². The third-order valence-electron chi connectivity index (χ3n) is 4.72. The second-order valence-corrected chi connectivity index (χ2v) is 6.41. The van der Waals surface area contributed by atoms with Crippen LogP contribution in [0.15, 0.2) is 10.9 Å². The van der Waals surface area contributed by atoms with Gasteiger partial charge in [-0.1, -0.05) is 19.3 Å². The van der Waals surface area contributed by atoms with Gasteiger partial charge in [0.05, 0.1) is 0 Å². The SMILES string of the molecule is NCC1(CNc2cc(=O)[nH]c(C3CC3)n2)CCCCC1. The zero-order valence-electron chi connectivity index (χ0n) is 12.0. The lowest BCUT2D eigenvalue weighted by atomic mass is 9.74. The number of nitrogens with zero attached hydrogens (tertiary/aromatic N) is 1. The van der Waals surface area contributed by atoms with Crippen LogP contribution in [0, 0.1) is 5.41 Å². The van der Waals surface area contributed by atoms with Crippen molar-refractivity contribution < 1.29 is 0 Å². The molecule has 2 saturated carbocycles. The lowest BCUT2D eigenvalue weighted by Crippen LogP contribution is -2.39. The van der Waals surface area contributed by atoms with E-state index in [9.17, 15) is 4.79 Å². The summed E-state index contributed by atoms with van der Waals surface area (Å²) in [6.07, 6.45) is 8.46. The van der Waals surface area contributed by atoms with Gasteiger partial charge in [-0.15, -0.1) is 0 Å². The molecule has 2 fully saturated rings. The molecular weight excluding hydrogens is 252 g/mol. The molecule has 20 heavy (non-hydrogen) atoms. The van der Waals surface area contributed by atoms with Crippen molar-refractivity contribution in [3.63, 3.8) is 0 Å². The van der Waals surface area contributed by atoms with Gasteiger partial charge in [-0.25, -0.2) is 4.98 Å². The van der Waals surface area contributed by atoms with Crippen molar-refractivity contribution >= 4 is 5.82 Å². The third kappa shape index (κ3) is 3.03. The van der Waals surface area contributed by atoms with E-state index in [1.54, 1.807) is 6.07 Å². The van der Waals surface area contributed by atoms with Gasteiger partial charge in [0, 0.05) is 18.5 Å². The van der Waals surface area contributed by atoms with Gasteiger partial charge in [0.2, 0.25) is 0 Å². The van der Waals surface area contributed by atoms with Crippen LogP contribution in [0.2, 0.25) is 0 Å². The fraction of sp³-hybridized carbons (Fsp3) is 0.733. The molecule has 2 aliphatic rings. The van der Waals surface area contributed by atoms with E-state index in [2.05, 4.69) is 15.3 Å². The summed E-state index contributed by atoms with van der Waals surface area (Å²) >= 11 is 0. The third-order valence-corrected chi connectivity index (χ3v) is 4.72. The van der Waals surface area contributed by atoms with Crippen molar-refractivity contribution in [2.75, 3.05) is 18.4 Å². The first-order valence-electron chi connectivity index (χ1n) is 7.76. The maximum absolute atomic E-state index is 11.7. The lowest BCUT2D eigenvalue weighted by Gasteiger charge is -2.36. The van der Waals surface area contributed by atoms with Crippen LogP contribution in [0.3, 0.4) is 0 Å². The molecule has 5 heteroatoms. The Morgan fingerprint density at radius 1 is 1.35 bits per heavy atom. The predicted molar refractivity (Wildman–Crippen MR) is 79.9 cm³/mol. The molecule has 0 aromatic carbocycles. The molecule has 0 aliphatic heterocycles. The highest BCUT2D eigenvalue weighted by molar-refractivity contribution is 5.34. The largest absolute Gasteiger partial charge is 0.369 e. The van der Waals surface area contributed by atoms with Crippen molar-refractivity contribution in [1.82, 2.24) is 9.97 Å². The first-order valence-corrected chi connectivity index (χ1v) is 7.76. The number of hydrogen-bond donors (Lipinski definition) is 3. The second-order valence-electron chi connectivity index (χ2n) is 6.41. The van der Waals surface area contributed by atoms with E-state index in [4.69, 9.17) is 5.73 Å². The molecule has 0 atom stereocenters. The summed E-state index contributed by atoms with van der Waals surface area (Å²) in [5, 5.41) is 3.36. The molecule has 110 valence electrons. The summed E-state index contributed by atoms with van der Waals surface area (Å²) < 4.78 is 0. The molecule has 4 N–H and O–H groups in total. The molecule has 1 aromatic heterocycles. The number of aromatic amines is 1. The van der Waals surface area contributed by atoms with Gasteiger partial charge >= 0.3 is 0 Å². The van der Waals surface area contributed by atoms with Crippen molar-refractivity contribution in [2.24, 2.45) is 11.1 Å². The van der Waals surface area contributed by atoms with Gasteiger partial charge in [0.1, 0.15) is 11.6 Å². The van der Waals surface area contributed by atoms with E-state index in [0.29, 0.717) is 18.3 Å². The molecular formula is C15H24N4O. The number of nitrogens with two attached hydrogens (primary N) is 1. The number of anilines is 1. The van der Waals surface area contributed by atoms with Crippen LogP contribution in [0.1, 0.15) is 56.7 Å². The fourth-order valence-corrected chi connectivity index (χ4v) is 3.15. The Labute approximate surface area is 119 Å². The van der Waals surface area contributed by atoms with Crippen LogP contribution < -0.4 is 16.6 Å². The van der Waals surface area contributed by atoms with E-state index in [1.807, 2.05) is 0 Å². The maximum Gasteiger partial charge on any atom is 0.252 e. The van der Waals surface area contributed by atoms with E-state index in [0.717, 1.165) is 25.2 Å². The molecule has 0 unspecified atom stereocenters. The minimum absolute atomic E-state index is 0.0603. The predicted octanol–water partition coefficient (Wildman–Crippen LogP) is 1.97. The summed E-state index contributed by atoms with van der Waals surface area (Å²) in [6.45, 7) is 1.53. The van der Waals surface area contributed by atoms with Crippen LogP contribution in [0.5, 0.6) is 0 Å². The fourth-order valence-electron chi connectivity index (χ4n) is 3.15. The van der Waals surface area contributed by atoms with Crippen LogP contribution >= 0.6 is 0 Å². The number of aromatic nitrogens is 2. The van der Waals surface area contributed by atoms with Gasteiger partial charge in [-0.2, -0.15) is 0 Å². The van der Waals surface area contributed by atoms with E-state index < -0.39 is 0 Å². The van der Waals surface area contributed by atoms with Gasteiger partial charge < -0.3 is 16.0 Å². The Hall–Kier alpha value is -1.36. The standard InChI is InChI=1S/C15H24N4O/c16-9-15(6-2-1-3-7-15)10-17-12-8-13(20)19-14(18-12)11-4-5-11/h8,11H,1-7,9-10,16H2,(H2,17,18,19,20). The quantitative estimate of drug-likeness (QED) is 0.767. The highest BCUT2D eigenvalue weighted by Gasteiger charge is 2.31. The molecule has 0 amide bonds. The number of H-pyrrole nitrogens is 1. The van der Waals surface area contributed by atoms with Gasteiger partial charge in [0.25, 0.3) is 5.56 Å². The smallest absolute Gasteiger partial charge is 0.252 e.